The second-order valence-corrected chi connectivity index (χ2v) is 12.6. The first kappa shape index (κ1) is 34.4. The number of thioether (sulfide) groups is 1. The number of amides is 3. The molecule has 8 nitrogen and oxygen atoms in total. The van der Waals surface area contributed by atoms with Gasteiger partial charge in [0, 0.05) is 21.8 Å². The predicted molar refractivity (Wildman–Crippen MR) is 195 cm³/mol. The molecular weight excluding hydrogens is 635 g/mol. The maximum absolute atomic E-state index is 13.5. The molecule has 0 saturated heterocycles. The highest BCUT2D eigenvalue weighted by molar-refractivity contribution is 8.00. The molecular formula is C40H35N3O5S. The molecule has 49 heavy (non-hydrogen) atoms. The molecule has 9 heteroatoms. The zero-order valence-corrected chi connectivity index (χ0v) is 27.7. The summed E-state index contributed by atoms with van der Waals surface area (Å²) in [6.07, 6.45) is 1.64. The van der Waals surface area contributed by atoms with Gasteiger partial charge >= 0.3 is 5.97 Å². The fraction of sp³-hybridized carbons (Fsp3) is 0.100. The summed E-state index contributed by atoms with van der Waals surface area (Å²) in [7, 11) is 0. The van der Waals surface area contributed by atoms with Gasteiger partial charge in [-0.1, -0.05) is 92.7 Å². The quantitative estimate of drug-likeness (QED) is 0.0782. The van der Waals surface area contributed by atoms with Crippen LogP contribution in [0.1, 0.15) is 62.4 Å². The van der Waals surface area contributed by atoms with Crippen molar-refractivity contribution >= 4 is 52.9 Å². The Balaban J connectivity index is 1.33. The summed E-state index contributed by atoms with van der Waals surface area (Å²) in [5, 5.41) is 17.2. The van der Waals surface area contributed by atoms with E-state index in [2.05, 4.69) is 29.8 Å². The van der Waals surface area contributed by atoms with E-state index in [1.807, 2.05) is 60.7 Å². The first-order valence-corrected chi connectivity index (χ1v) is 16.5. The standard InChI is InChI=1S/C40H35N3O5S/c1-26(2)28-18-16-27(17-19-28)24-35(43-37(44)30-12-7-4-8-13-30)38(45)41-32-20-22-34(23-21-32)49-36(29-10-5-3-6-11-29)39(46)42-33-15-9-14-31(25-33)40(47)48/h3-26,36H,1-2H3,(H,41,45)(H,42,46)(H,43,44)(H,47,48)/b35-24-. The third-order valence-electron chi connectivity index (χ3n) is 7.53. The maximum Gasteiger partial charge on any atom is 0.335 e. The lowest BCUT2D eigenvalue weighted by Crippen LogP contribution is -2.30. The summed E-state index contributed by atoms with van der Waals surface area (Å²) in [4.78, 5) is 52.3. The summed E-state index contributed by atoms with van der Waals surface area (Å²) >= 11 is 1.31. The summed E-state index contributed by atoms with van der Waals surface area (Å²) in [6, 6.07) is 38.9. The number of nitrogens with one attached hydrogen (secondary N) is 3. The monoisotopic (exact) mass is 669 g/mol. The molecule has 0 aliphatic carbocycles. The molecule has 0 aliphatic rings. The number of anilines is 2. The first-order valence-electron chi connectivity index (χ1n) is 15.6. The molecule has 0 saturated carbocycles. The number of carboxylic acids is 1. The summed E-state index contributed by atoms with van der Waals surface area (Å²) in [6.45, 7) is 4.21. The normalized spacial score (nSPS) is 11.8. The van der Waals surface area contributed by atoms with Crippen molar-refractivity contribution in [3.05, 3.63) is 167 Å². The van der Waals surface area contributed by atoms with Crippen molar-refractivity contribution in [3.8, 4) is 0 Å². The summed E-state index contributed by atoms with van der Waals surface area (Å²) in [5.74, 6) is -1.96. The smallest absolute Gasteiger partial charge is 0.335 e. The van der Waals surface area contributed by atoms with Gasteiger partial charge in [0.2, 0.25) is 5.91 Å². The van der Waals surface area contributed by atoms with E-state index in [1.54, 1.807) is 66.7 Å². The van der Waals surface area contributed by atoms with Gasteiger partial charge in [-0.2, -0.15) is 0 Å². The van der Waals surface area contributed by atoms with Crippen molar-refractivity contribution in [2.45, 2.75) is 29.9 Å². The molecule has 0 aliphatic heterocycles. The fourth-order valence-electron chi connectivity index (χ4n) is 4.88. The molecule has 0 aromatic heterocycles. The Morgan fingerprint density at radius 1 is 0.653 bits per heavy atom. The minimum absolute atomic E-state index is 0.0704. The Morgan fingerprint density at radius 2 is 1.29 bits per heavy atom. The number of aromatic carboxylic acids is 1. The Morgan fingerprint density at radius 3 is 1.92 bits per heavy atom. The van der Waals surface area contributed by atoms with E-state index in [4.69, 9.17) is 0 Å². The van der Waals surface area contributed by atoms with Gasteiger partial charge in [-0.15, -0.1) is 11.8 Å². The number of hydrogen-bond donors (Lipinski definition) is 4. The lowest BCUT2D eigenvalue weighted by Gasteiger charge is -2.18. The molecule has 0 heterocycles. The van der Waals surface area contributed by atoms with Crippen molar-refractivity contribution in [1.29, 1.82) is 0 Å². The van der Waals surface area contributed by atoms with Crippen LogP contribution in [-0.4, -0.2) is 28.8 Å². The Hall–Kier alpha value is -5.93. The topological polar surface area (TPSA) is 125 Å². The first-order chi connectivity index (χ1) is 23.7. The maximum atomic E-state index is 13.5. The van der Waals surface area contributed by atoms with Crippen LogP contribution in [0.4, 0.5) is 11.4 Å². The van der Waals surface area contributed by atoms with Crippen LogP contribution in [0.5, 0.6) is 0 Å². The van der Waals surface area contributed by atoms with Crippen molar-refractivity contribution in [2.75, 3.05) is 10.6 Å². The van der Waals surface area contributed by atoms with Gasteiger partial charge in [-0.25, -0.2) is 4.79 Å². The molecule has 4 N–H and O–H groups in total. The Labute approximate surface area is 289 Å². The predicted octanol–water partition coefficient (Wildman–Crippen LogP) is 8.39. The summed E-state index contributed by atoms with van der Waals surface area (Å²) in [5.41, 5.74) is 4.13. The van der Waals surface area contributed by atoms with Crippen LogP contribution in [0.25, 0.3) is 6.08 Å². The van der Waals surface area contributed by atoms with Gasteiger partial charge in [0.15, 0.2) is 0 Å². The molecule has 5 aromatic rings. The highest BCUT2D eigenvalue weighted by Crippen LogP contribution is 2.37. The lowest BCUT2D eigenvalue weighted by atomic mass is 10.0. The molecule has 5 aromatic carbocycles. The van der Waals surface area contributed by atoms with E-state index in [0.29, 0.717) is 22.9 Å². The molecule has 1 atom stereocenters. The second kappa shape index (κ2) is 16.3. The van der Waals surface area contributed by atoms with E-state index in [9.17, 15) is 24.3 Å². The van der Waals surface area contributed by atoms with Crippen molar-refractivity contribution < 1.29 is 24.3 Å². The number of benzene rings is 5. The lowest BCUT2D eigenvalue weighted by molar-refractivity contribution is -0.116. The van der Waals surface area contributed by atoms with E-state index in [-0.39, 0.29) is 17.2 Å². The van der Waals surface area contributed by atoms with Gasteiger partial charge < -0.3 is 21.1 Å². The number of carbonyl (C=O) groups is 4. The van der Waals surface area contributed by atoms with E-state index < -0.39 is 23.0 Å². The van der Waals surface area contributed by atoms with Crippen LogP contribution in [0.3, 0.4) is 0 Å². The Kier molecular flexibility index (Phi) is 11.4. The second-order valence-electron chi connectivity index (χ2n) is 11.5. The minimum Gasteiger partial charge on any atom is -0.478 e. The van der Waals surface area contributed by atoms with Crippen LogP contribution < -0.4 is 16.0 Å². The van der Waals surface area contributed by atoms with Crippen LogP contribution in [0.15, 0.2) is 144 Å². The van der Waals surface area contributed by atoms with Gasteiger partial charge in [0.25, 0.3) is 11.8 Å². The van der Waals surface area contributed by atoms with Gasteiger partial charge in [-0.3, -0.25) is 14.4 Å². The van der Waals surface area contributed by atoms with Crippen LogP contribution >= 0.6 is 11.8 Å². The van der Waals surface area contributed by atoms with E-state index in [1.165, 1.54) is 23.9 Å². The number of carboxylic acid groups (broad SMARTS) is 1. The molecule has 3 amide bonds. The third kappa shape index (κ3) is 9.56. The van der Waals surface area contributed by atoms with Gasteiger partial charge in [0.1, 0.15) is 10.9 Å². The highest BCUT2D eigenvalue weighted by atomic mass is 32.2. The molecule has 0 radical (unpaired) electrons. The zero-order chi connectivity index (χ0) is 34.8. The minimum atomic E-state index is -1.08. The molecule has 0 spiro atoms. The molecule has 246 valence electrons. The molecule has 0 bridgehead atoms. The number of carbonyl (C=O) groups excluding carboxylic acids is 3. The largest absolute Gasteiger partial charge is 0.478 e. The van der Waals surface area contributed by atoms with Gasteiger partial charge in [0.05, 0.1) is 5.56 Å². The average Bonchev–Trinajstić information content (AvgIpc) is 3.12. The Bertz CT molecular complexity index is 1960. The molecule has 5 rings (SSSR count). The van der Waals surface area contributed by atoms with E-state index >= 15 is 0 Å². The summed E-state index contributed by atoms with van der Waals surface area (Å²) < 4.78 is 0. The van der Waals surface area contributed by atoms with Crippen LogP contribution in [0, 0.1) is 0 Å². The van der Waals surface area contributed by atoms with Crippen molar-refractivity contribution in [2.24, 2.45) is 0 Å². The molecule has 0 fully saturated rings. The third-order valence-corrected chi connectivity index (χ3v) is 8.79. The fourth-order valence-corrected chi connectivity index (χ4v) is 5.90. The van der Waals surface area contributed by atoms with Crippen LogP contribution in [-0.2, 0) is 9.59 Å². The van der Waals surface area contributed by atoms with Crippen LogP contribution in [0.2, 0.25) is 0 Å². The van der Waals surface area contributed by atoms with Gasteiger partial charge in [-0.05, 0) is 83.3 Å². The zero-order valence-electron chi connectivity index (χ0n) is 26.9. The highest BCUT2D eigenvalue weighted by Gasteiger charge is 2.23. The number of rotatable bonds is 12. The van der Waals surface area contributed by atoms with E-state index in [0.717, 1.165) is 21.6 Å². The SMILES string of the molecule is CC(C)c1ccc(/C=C(\NC(=O)c2ccccc2)C(=O)Nc2ccc(SC(C(=O)Nc3cccc(C(=O)O)c3)c3ccccc3)cc2)cc1. The average molecular weight is 670 g/mol. The van der Waals surface area contributed by atoms with Crippen molar-refractivity contribution in [1.82, 2.24) is 5.32 Å². The number of hydrogen-bond acceptors (Lipinski definition) is 5. The molecule has 1 unspecified atom stereocenters. The van der Waals surface area contributed by atoms with Crippen molar-refractivity contribution in [3.63, 3.8) is 0 Å².